The van der Waals surface area contributed by atoms with Gasteiger partial charge in [-0.1, -0.05) is 23.2 Å². The standard InChI is InChI=1S/C15H11Cl2FO2/c1-9(19)10-2-5-15(14(17)7-10)20-8-11-6-12(18)3-4-13(11)16/h2-7H,8H2,1H3. The number of hydrogen-bond donors (Lipinski definition) is 0. The molecule has 0 unspecified atom stereocenters. The van der Waals surface area contributed by atoms with Gasteiger partial charge in [0.15, 0.2) is 5.78 Å². The van der Waals surface area contributed by atoms with Crippen molar-refractivity contribution in [2.24, 2.45) is 0 Å². The van der Waals surface area contributed by atoms with Crippen LogP contribution in [0, 0.1) is 5.82 Å². The Morgan fingerprint density at radius 2 is 1.90 bits per heavy atom. The van der Waals surface area contributed by atoms with Gasteiger partial charge in [-0.3, -0.25) is 4.79 Å². The number of carbonyl (C=O) groups is 1. The molecule has 2 aromatic carbocycles. The summed E-state index contributed by atoms with van der Waals surface area (Å²) in [5, 5.41) is 0.744. The van der Waals surface area contributed by atoms with E-state index in [1.165, 1.54) is 31.2 Å². The molecule has 0 spiro atoms. The fourth-order valence-electron chi connectivity index (χ4n) is 1.65. The van der Waals surface area contributed by atoms with Gasteiger partial charge in [-0.05, 0) is 43.3 Å². The van der Waals surface area contributed by atoms with E-state index in [9.17, 15) is 9.18 Å². The van der Waals surface area contributed by atoms with Crippen molar-refractivity contribution in [1.29, 1.82) is 0 Å². The Bertz CT molecular complexity index is 656. The van der Waals surface area contributed by atoms with Gasteiger partial charge in [0.1, 0.15) is 18.2 Å². The Morgan fingerprint density at radius 1 is 1.15 bits per heavy atom. The van der Waals surface area contributed by atoms with E-state index in [0.29, 0.717) is 26.9 Å². The van der Waals surface area contributed by atoms with E-state index in [1.807, 2.05) is 0 Å². The number of rotatable bonds is 4. The molecule has 0 amide bonds. The van der Waals surface area contributed by atoms with Gasteiger partial charge in [0, 0.05) is 16.1 Å². The van der Waals surface area contributed by atoms with E-state index in [-0.39, 0.29) is 18.2 Å². The average Bonchev–Trinajstić information content (AvgIpc) is 2.40. The smallest absolute Gasteiger partial charge is 0.159 e. The van der Waals surface area contributed by atoms with Gasteiger partial charge in [-0.15, -0.1) is 0 Å². The molecule has 0 radical (unpaired) electrons. The average molecular weight is 313 g/mol. The normalized spacial score (nSPS) is 10.4. The Hall–Kier alpha value is -1.58. The lowest BCUT2D eigenvalue weighted by atomic mass is 10.1. The van der Waals surface area contributed by atoms with Crippen LogP contribution in [0.2, 0.25) is 10.0 Å². The van der Waals surface area contributed by atoms with Crippen molar-refractivity contribution in [2.75, 3.05) is 0 Å². The van der Waals surface area contributed by atoms with Crippen LogP contribution < -0.4 is 4.74 Å². The van der Waals surface area contributed by atoms with Crippen molar-refractivity contribution in [3.05, 3.63) is 63.4 Å². The van der Waals surface area contributed by atoms with Gasteiger partial charge in [-0.25, -0.2) is 4.39 Å². The number of benzene rings is 2. The molecule has 0 bridgehead atoms. The summed E-state index contributed by atoms with van der Waals surface area (Å²) >= 11 is 12.0. The second-order valence-electron chi connectivity index (χ2n) is 4.23. The van der Waals surface area contributed by atoms with Gasteiger partial charge >= 0.3 is 0 Å². The van der Waals surface area contributed by atoms with Crippen LogP contribution in [0.4, 0.5) is 4.39 Å². The van der Waals surface area contributed by atoms with Gasteiger partial charge in [0.25, 0.3) is 0 Å². The third-order valence-corrected chi connectivity index (χ3v) is 3.39. The first-order chi connectivity index (χ1) is 9.47. The second-order valence-corrected chi connectivity index (χ2v) is 5.04. The summed E-state index contributed by atoms with van der Waals surface area (Å²) in [6, 6.07) is 8.81. The maximum Gasteiger partial charge on any atom is 0.159 e. The molecule has 0 saturated heterocycles. The molecular formula is C15H11Cl2FO2. The zero-order chi connectivity index (χ0) is 14.7. The van der Waals surface area contributed by atoms with Crippen LogP contribution in [-0.4, -0.2) is 5.78 Å². The van der Waals surface area contributed by atoms with Crippen molar-refractivity contribution >= 4 is 29.0 Å². The van der Waals surface area contributed by atoms with Crippen molar-refractivity contribution in [1.82, 2.24) is 0 Å². The summed E-state index contributed by atoms with van der Waals surface area (Å²) in [5.41, 5.74) is 1.03. The Morgan fingerprint density at radius 3 is 2.55 bits per heavy atom. The lowest BCUT2D eigenvalue weighted by Crippen LogP contribution is -1.99. The molecule has 2 nitrogen and oxygen atoms in total. The molecule has 0 atom stereocenters. The van der Waals surface area contributed by atoms with Crippen LogP contribution in [0.1, 0.15) is 22.8 Å². The number of hydrogen-bond acceptors (Lipinski definition) is 2. The quantitative estimate of drug-likeness (QED) is 0.749. The summed E-state index contributed by atoms with van der Waals surface area (Å²) in [6.07, 6.45) is 0. The monoisotopic (exact) mass is 312 g/mol. The van der Waals surface area contributed by atoms with E-state index < -0.39 is 0 Å². The van der Waals surface area contributed by atoms with Gasteiger partial charge < -0.3 is 4.74 Å². The summed E-state index contributed by atoms with van der Waals surface area (Å²) in [4.78, 5) is 11.2. The van der Waals surface area contributed by atoms with E-state index in [4.69, 9.17) is 27.9 Å². The van der Waals surface area contributed by atoms with Crippen molar-refractivity contribution in [2.45, 2.75) is 13.5 Å². The van der Waals surface area contributed by atoms with E-state index in [0.717, 1.165) is 0 Å². The Labute approximate surface area is 126 Å². The second kappa shape index (κ2) is 6.25. The topological polar surface area (TPSA) is 26.3 Å². The van der Waals surface area contributed by atoms with Crippen molar-refractivity contribution in [3.8, 4) is 5.75 Å². The highest BCUT2D eigenvalue weighted by molar-refractivity contribution is 6.32. The zero-order valence-electron chi connectivity index (χ0n) is 10.6. The Balaban J connectivity index is 2.15. The highest BCUT2D eigenvalue weighted by Crippen LogP contribution is 2.27. The predicted octanol–water partition coefficient (Wildman–Crippen LogP) is 4.91. The summed E-state index contributed by atoms with van der Waals surface area (Å²) in [6.45, 7) is 1.55. The molecule has 0 heterocycles. The summed E-state index contributed by atoms with van der Waals surface area (Å²) < 4.78 is 18.6. The molecular weight excluding hydrogens is 302 g/mol. The maximum absolute atomic E-state index is 13.1. The number of halogens is 3. The highest BCUT2D eigenvalue weighted by Gasteiger charge is 2.08. The summed E-state index contributed by atoms with van der Waals surface area (Å²) in [5.74, 6) is -0.0466. The van der Waals surface area contributed by atoms with E-state index in [2.05, 4.69) is 0 Å². The minimum absolute atomic E-state index is 0.0772. The number of ketones is 1. The molecule has 0 fully saturated rings. The third kappa shape index (κ3) is 3.50. The third-order valence-electron chi connectivity index (χ3n) is 2.73. The number of carbonyl (C=O) groups excluding carboxylic acids is 1. The van der Waals surface area contributed by atoms with Gasteiger partial charge in [0.05, 0.1) is 5.02 Å². The molecule has 0 saturated carbocycles. The fourth-order valence-corrected chi connectivity index (χ4v) is 2.05. The predicted molar refractivity (Wildman–Crippen MR) is 77.2 cm³/mol. The van der Waals surface area contributed by atoms with Gasteiger partial charge in [0.2, 0.25) is 0 Å². The molecule has 2 aromatic rings. The lowest BCUT2D eigenvalue weighted by molar-refractivity contribution is 0.101. The zero-order valence-corrected chi connectivity index (χ0v) is 12.1. The van der Waals surface area contributed by atoms with Crippen LogP contribution in [-0.2, 0) is 6.61 Å². The lowest BCUT2D eigenvalue weighted by Gasteiger charge is -2.10. The van der Waals surface area contributed by atoms with Gasteiger partial charge in [-0.2, -0.15) is 0 Å². The first-order valence-corrected chi connectivity index (χ1v) is 6.60. The van der Waals surface area contributed by atoms with Crippen LogP contribution >= 0.6 is 23.2 Å². The van der Waals surface area contributed by atoms with Crippen LogP contribution in [0.25, 0.3) is 0 Å². The van der Waals surface area contributed by atoms with Crippen LogP contribution in [0.5, 0.6) is 5.75 Å². The highest BCUT2D eigenvalue weighted by atomic mass is 35.5. The molecule has 104 valence electrons. The molecule has 0 aliphatic carbocycles. The minimum Gasteiger partial charge on any atom is -0.487 e. The fraction of sp³-hybridized carbons (Fsp3) is 0.133. The molecule has 0 aliphatic heterocycles. The Kier molecular flexibility index (Phi) is 4.63. The van der Waals surface area contributed by atoms with Crippen LogP contribution in [0.15, 0.2) is 36.4 Å². The van der Waals surface area contributed by atoms with Crippen molar-refractivity contribution in [3.63, 3.8) is 0 Å². The molecule has 20 heavy (non-hydrogen) atoms. The summed E-state index contributed by atoms with van der Waals surface area (Å²) in [7, 11) is 0. The maximum atomic E-state index is 13.1. The van der Waals surface area contributed by atoms with E-state index >= 15 is 0 Å². The van der Waals surface area contributed by atoms with E-state index in [1.54, 1.807) is 12.1 Å². The molecule has 0 aliphatic rings. The first-order valence-electron chi connectivity index (χ1n) is 5.84. The number of Topliss-reactive ketones (excluding diaryl/α,β-unsaturated/α-hetero) is 1. The molecule has 0 N–H and O–H groups in total. The largest absolute Gasteiger partial charge is 0.487 e. The minimum atomic E-state index is -0.383. The number of ether oxygens (including phenoxy) is 1. The SMILES string of the molecule is CC(=O)c1ccc(OCc2cc(F)ccc2Cl)c(Cl)c1. The van der Waals surface area contributed by atoms with Crippen molar-refractivity contribution < 1.29 is 13.9 Å². The van der Waals surface area contributed by atoms with Crippen LogP contribution in [0.3, 0.4) is 0 Å². The molecule has 2 rings (SSSR count). The molecule has 5 heteroatoms. The molecule has 0 aromatic heterocycles. The first kappa shape index (κ1) is 14.8.